The van der Waals surface area contributed by atoms with Gasteiger partial charge in [-0.2, -0.15) is 0 Å². The van der Waals surface area contributed by atoms with Gasteiger partial charge in [0.2, 0.25) is 5.91 Å². The van der Waals surface area contributed by atoms with Gasteiger partial charge in [-0.1, -0.05) is 6.92 Å². The number of carbonyl (C=O) groups is 1. The van der Waals surface area contributed by atoms with Crippen LogP contribution in [0.4, 0.5) is 10.1 Å². The molecule has 0 fully saturated rings. The topological polar surface area (TPSA) is 64.3 Å². The Morgan fingerprint density at radius 1 is 1.59 bits per heavy atom. The lowest BCUT2D eigenvalue weighted by molar-refractivity contribution is -0.116. The molecule has 1 rings (SSSR count). The maximum atomic E-state index is 13.0. The highest BCUT2D eigenvalue weighted by Gasteiger charge is 2.11. The van der Waals surface area contributed by atoms with Crippen LogP contribution in [-0.2, 0) is 4.79 Å². The molecule has 0 bridgehead atoms. The summed E-state index contributed by atoms with van der Waals surface area (Å²) in [5.41, 5.74) is 5.76. The Balaban J connectivity index is 2.73. The number of halogens is 1. The number of rotatable bonds is 5. The lowest BCUT2D eigenvalue weighted by Crippen LogP contribution is -2.20. The van der Waals surface area contributed by atoms with Gasteiger partial charge in [0.15, 0.2) is 0 Å². The summed E-state index contributed by atoms with van der Waals surface area (Å²) in [7, 11) is 1.46. The minimum Gasteiger partial charge on any atom is -0.495 e. The Hall–Kier alpha value is -1.62. The zero-order chi connectivity index (χ0) is 12.8. The molecule has 0 aliphatic carbocycles. The van der Waals surface area contributed by atoms with Crippen LogP contribution in [0.1, 0.15) is 13.3 Å². The van der Waals surface area contributed by atoms with Gasteiger partial charge in [-0.15, -0.1) is 0 Å². The van der Waals surface area contributed by atoms with Crippen LogP contribution in [-0.4, -0.2) is 19.6 Å². The van der Waals surface area contributed by atoms with Gasteiger partial charge in [0, 0.05) is 12.5 Å². The lowest BCUT2D eigenvalue weighted by atomic mass is 10.1. The van der Waals surface area contributed by atoms with Crippen LogP contribution < -0.4 is 15.8 Å². The fourth-order valence-corrected chi connectivity index (χ4v) is 1.38. The molecule has 4 nitrogen and oxygen atoms in total. The molecule has 0 saturated carbocycles. The first-order chi connectivity index (χ1) is 8.06. The third-order valence-electron chi connectivity index (χ3n) is 2.37. The van der Waals surface area contributed by atoms with E-state index in [9.17, 15) is 9.18 Å². The Morgan fingerprint density at radius 2 is 2.29 bits per heavy atom. The van der Waals surface area contributed by atoms with Crippen LogP contribution in [0, 0.1) is 11.7 Å². The molecular formula is C12H17FN2O2. The van der Waals surface area contributed by atoms with Gasteiger partial charge in [-0.25, -0.2) is 4.39 Å². The molecule has 1 aromatic rings. The van der Waals surface area contributed by atoms with E-state index in [1.165, 1.54) is 25.3 Å². The van der Waals surface area contributed by atoms with Crippen molar-refractivity contribution in [3.63, 3.8) is 0 Å². The Morgan fingerprint density at radius 3 is 2.88 bits per heavy atom. The third kappa shape index (κ3) is 4.03. The maximum absolute atomic E-state index is 13.0. The van der Waals surface area contributed by atoms with Crippen LogP contribution >= 0.6 is 0 Å². The molecule has 0 aromatic heterocycles. The van der Waals surface area contributed by atoms with Crippen molar-refractivity contribution in [1.29, 1.82) is 0 Å². The molecule has 1 unspecified atom stereocenters. The van der Waals surface area contributed by atoms with E-state index in [2.05, 4.69) is 5.32 Å². The van der Waals surface area contributed by atoms with Crippen molar-refractivity contribution in [2.45, 2.75) is 13.3 Å². The molecule has 0 heterocycles. The second-order valence-corrected chi connectivity index (χ2v) is 3.94. The average Bonchev–Trinajstić information content (AvgIpc) is 2.29. The minimum absolute atomic E-state index is 0.0922. The molecule has 0 saturated heterocycles. The van der Waals surface area contributed by atoms with Gasteiger partial charge in [-0.05, 0) is 24.6 Å². The predicted molar refractivity (Wildman–Crippen MR) is 64.4 cm³/mol. The summed E-state index contributed by atoms with van der Waals surface area (Å²) < 4.78 is 18.1. The van der Waals surface area contributed by atoms with E-state index in [0.717, 1.165) is 0 Å². The molecule has 94 valence electrons. The highest BCUT2D eigenvalue weighted by Crippen LogP contribution is 2.25. The number of anilines is 1. The number of benzene rings is 1. The summed E-state index contributed by atoms with van der Waals surface area (Å²) in [5, 5.41) is 2.61. The first-order valence-electron chi connectivity index (χ1n) is 5.40. The fourth-order valence-electron chi connectivity index (χ4n) is 1.38. The fraction of sp³-hybridized carbons (Fsp3) is 0.417. The summed E-state index contributed by atoms with van der Waals surface area (Å²) in [6.07, 6.45) is 0.302. The van der Waals surface area contributed by atoms with Crippen molar-refractivity contribution in [2.24, 2.45) is 11.7 Å². The Labute approximate surface area is 100.0 Å². The number of ether oxygens (including phenoxy) is 1. The van der Waals surface area contributed by atoms with E-state index in [4.69, 9.17) is 10.5 Å². The van der Waals surface area contributed by atoms with E-state index in [1.54, 1.807) is 0 Å². The molecule has 17 heavy (non-hydrogen) atoms. The average molecular weight is 240 g/mol. The molecule has 1 atom stereocenters. The number of nitrogens with one attached hydrogen (secondary N) is 1. The molecule has 0 aliphatic heterocycles. The normalized spacial score (nSPS) is 12.0. The van der Waals surface area contributed by atoms with Crippen molar-refractivity contribution in [3.8, 4) is 5.75 Å². The molecule has 0 radical (unpaired) electrons. The highest BCUT2D eigenvalue weighted by molar-refractivity contribution is 5.92. The van der Waals surface area contributed by atoms with E-state index >= 15 is 0 Å². The molecule has 1 aromatic carbocycles. The Kier molecular flexibility index (Phi) is 4.90. The van der Waals surface area contributed by atoms with Gasteiger partial charge in [0.1, 0.15) is 11.6 Å². The SMILES string of the molecule is COc1ccc(F)cc1NC(=O)CC(C)CN. The van der Waals surface area contributed by atoms with Gasteiger partial charge in [0.25, 0.3) is 0 Å². The number of amides is 1. The van der Waals surface area contributed by atoms with Crippen LogP contribution in [0.2, 0.25) is 0 Å². The first-order valence-corrected chi connectivity index (χ1v) is 5.40. The van der Waals surface area contributed by atoms with Gasteiger partial charge in [0.05, 0.1) is 12.8 Å². The first kappa shape index (κ1) is 13.4. The lowest BCUT2D eigenvalue weighted by Gasteiger charge is -2.12. The molecule has 5 heteroatoms. The number of methoxy groups -OCH3 is 1. The van der Waals surface area contributed by atoms with Crippen molar-refractivity contribution in [1.82, 2.24) is 0 Å². The predicted octanol–water partition coefficient (Wildman–Crippen LogP) is 1.76. The third-order valence-corrected chi connectivity index (χ3v) is 2.37. The monoisotopic (exact) mass is 240 g/mol. The molecule has 0 aliphatic rings. The minimum atomic E-state index is -0.423. The van der Waals surface area contributed by atoms with Gasteiger partial charge >= 0.3 is 0 Å². The van der Waals surface area contributed by atoms with Crippen LogP contribution in [0.15, 0.2) is 18.2 Å². The number of hydrogen-bond donors (Lipinski definition) is 2. The second-order valence-electron chi connectivity index (χ2n) is 3.94. The van der Waals surface area contributed by atoms with Crippen molar-refractivity contribution in [2.75, 3.05) is 19.0 Å². The second kappa shape index (κ2) is 6.20. The zero-order valence-corrected chi connectivity index (χ0v) is 10.00. The summed E-state index contributed by atoms with van der Waals surface area (Å²) in [6, 6.07) is 3.97. The molecule has 1 amide bonds. The highest BCUT2D eigenvalue weighted by atomic mass is 19.1. The van der Waals surface area contributed by atoms with E-state index < -0.39 is 5.82 Å². The van der Waals surface area contributed by atoms with Crippen molar-refractivity contribution >= 4 is 11.6 Å². The Bertz CT molecular complexity index is 396. The van der Waals surface area contributed by atoms with E-state index in [-0.39, 0.29) is 11.8 Å². The summed E-state index contributed by atoms with van der Waals surface area (Å²) in [4.78, 5) is 11.6. The van der Waals surface area contributed by atoms with E-state index in [0.29, 0.717) is 24.4 Å². The van der Waals surface area contributed by atoms with Crippen LogP contribution in [0.5, 0.6) is 5.75 Å². The van der Waals surface area contributed by atoms with E-state index in [1.807, 2.05) is 6.92 Å². The summed E-state index contributed by atoms with van der Waals surface area (Å²) in [5.74, 6) is -0.102. The standard InChI is InChI=1S/C12H17FN2O2/c1-8(7-14)5-12(16)15-10-6-9(13)3-4-11(10)17-2/h3-4,6,8H,5,7,14H2,1-2H3,(H,15,16). The van der Waals surface area contributed by atoms with Crippen LogP contribution in [0.3, 0.4) is 0 Å². The molecule has 0 spiro atoms. The largest absolute Gasteiger partial charge is 0.495 e. The zero-order valence-electron chi connectivity index (χ0n) is 10.00. The number of carbonyl (C=O) groups excluding carboxylic acids is 1. The van der Waals surface area contributed by atoms with Crippen LogP contribution in [0.25, 0.3) is 0 Å². The quantitative estimate of drug-likeness (QED) is 0.824. The summed E-state index contributed by atoms with van der Waals surface area (Å²) >= 11 is 0. The van der Waals surface area contributed by atoms with Gasteiger partial charge < -0.3 is 15.8 Å². The number of nitrogens with two attached hydrogens (primary N) is 1. The maximum Gasteiger partial charge on any atom is 0.224 e. The smallest absolute Gasteiger partial charge is 0.224 e. The summed E-state index contributed by atoms with van der Waals surface area (Å²) in [6.45, 7) is 2.32. The van der Waals surface area contributed by atoms with Crippen molar-refractivity contribution < 1.29 is 13.9 Å². The molecule has 3 N–H and O–H groups in total. The molecular weight excluding hydrogens is 223 g/mol. The van der Waals surface area contributed by atoms with Crippen molar-refractivity contribution in [3.05, 3.63) is 24.0 Å². The number of hydrogen-bond acceptors (Lipinski definition) is 3. The van der Waals surface area contributed by atoms with Gasteiger partial charge in [-0.3, -0.25) is 4.79 Å².